The van der Waals surface area contributed by atoms with Crippen molar-refractivity contribution in [1.29, 1.82) is 0 Å². The Morgan fingerprint density at radius 1 is 1.15 bits per heavy atom. The third kappa shape index (κ3) is 2.18. The maximum atomic E-state index is 14.3. The lowest BCUT2D eigenvalue weighted by molar-refractivity contribution is 0.582. The maximum Gasteiger partial charge on any atom is 0.138 e. The van der Waals surface area contributed by atoms with Gasteiger partial charge in [0.25, 0.3) is 0 Å². The van der Waals surface area contributed by atoms with Gasteiger partial charge in [-0.25, -0.2) is 18.7 Å². The molecule has 1 aromatic carbocycles. The highest BCUT2D eigenvalue weighted by atomic mass is 35.5. The van der Waals surface area contributed by atoms with Crippen LogP contribution in [0.1, 0.15) is 35.7 Å². The Kier molecular flexibility index (Phi) is 3.21. The molecule has 1 fully saturated rings. The first-order valence-corrected chi connectivity index (χ1v) is 6.86. The molecule has 0 unspecified atom stereocenters. The number of hydrogen-bond donors (Lipinski definition) is 0. The zero-order chi connectivity index (χ0) is 14.4. The lowest BCUT2D eigenvalue weighted by atomic mass is 10.0. The molecule has 0 atom stereocenters. The fourth-order valence-corrected chi connectivity index (χ4v) is 2.32. The van der Waals surface area contributed by atoms with Gasteiger partial charge in [-0.1, -0.05) is 17.7 Å². The van der Waals surface area contributed by atoms with Gasteiger partial charge in [0, 0.05) is 11.5 Å². The van der Waals surface area contributed by atoms with Crippen LogP contribution in [0.2, 0.25) is 5.15 Å². The molecule has 3 rings (SSSR count). The Morgan fingerprint density at radius 3 is 2.50 bits per heavy atom. The Labute approximate surface area is 120 Å². The minimum absolute atomic E-state index is 0.117. The molecule has 2 aromatic rings. The molecule has 5 heteroatoms. The van der Waals surface area contributed by atoms with Crippen molar-refractivity contribution in [2.24, 2.45) is 0 Å². The second-order valence-corrected chi connectivity index (χ2v) is 5.53. The van der Waals surface area contributed by atoms with Crippen molar-refractivity contribution in [3.05, 3.63) is 45.9 Å². The number of benzene rings is 1. The molecule has 0 aliphatic heterocycles. The SMILES string of the molecule is Cc1ccc(F)c(-c2nc(C3CC3)nc(Cl)c2C)c1F. The van der Waals surface area contributed by atoms with E-state index in [1.807, 2.05) is 0 Å². The topological polar surface area (TPSA) is 25.8 Å². The monoisotopic (exact) mass is 294 g/mol. The summed E-state index contributed by atoms with van der Waals surface area (Å²) in [6.07, 6.45) is 2.00. The van der Waals surface area contributed by atoms with Crippen LogP contribution in [0.4, 0.5) is 8.78 Å². The van der Waals surface area contributed by atoms with Crippen LogP contribution in [-0.2, 0) is 0 Å². The fourth-order valence-electron chi connectivity index (χ4n) is 2.15. The number of halogens is 3. The van der Waals surface area contributed by atoms with Crippen LogP contribution in [0.5, 0.6) is 0 Å². The van der Waals surface area contributed by atoms with Crippen molar-refractivity contribution in [2.75, 3.05) is 0 Å². The lowest BCUT2D eigenvalue weighted by Crippen LogP contribution is -2.03. The summed E-state index contributed by atoms with van der Waals surface area (Å²) in [5.41, 5.74) is 1.02. The average Bonchev–Trinajstić information content (AvgIpc) is 3.23. The first-order chi connectivity index (χ1) is 9.49. The van der Waals surface area contributed by atoms with Crippen LogP contribution in [0, 0.1) is 25.5 Å². The predicted octanol–water partition coefficient (Wildman–Crippen LogP) is 4.57. The molecular formula is C15H13ClF2N2. The van der Waals surface area contributed by atoms with E-state index in [9.17, 15) is 8.78 Å². The Morgan fingerprint density at radius 2 is 1.85 bits per heavy atom. The zero-order valence-electron chi connectivity index (χ0n) is 11.2. The molecule has 1 heterocycles. The summed E-state index contributed by atoms with van der Waals surface area (Å²) < 4.78 is 28.3. The average molecular weight is 295 g/mol. The van der Waals surface area contributed by atoms with Gasteiger partial charge in [0.2, 0.25) is 0 Å². The van der Waals surface area contributed by atoms with E-state index in [-0.39, 0.29) is 22.3 Å². The van der Waals surface area contributed by atoms with Crippen molar-refractivity contribution in [3.63, 3.8) is 0 Å². The summed E-state index contributed by atoms with van der Waals surface area (Å²) in [6.45, 7) is 3.27. The molecule has 0 saturated heterocycles. The first kappa shape index (κ1) is 13.4. The second kappa shape index (κ2) is 4.77. The Hall–Kier alpha value is -1.55. The molecule has 0 spiro atoms. The summed E-state index contributed by atoms with van der Waals surface area (Å²) in [7, 11) is 0. The third-order valence-corrected chi connectivity index (χ3v) is 3.94. The summed E-state index contributed by atoms with van der Waals surface area (Å²) in [5, 5.41) is 0.261. The molecule has 0 amide bonds. The zero-order valence-corrected chi connectivity index (χ0v) is 11.9. The van der Waals surface area contributed by atoms with E-state index in [4.69, 9.17) is 11.6 Å². The van der Waals surface area contributed by atoms with Crippen LogP contribution in [0.25, 0.3) is 11.3 Å². The smallest absolute Gasteiger partial charge is 0.138 e. The fraction of sp³-hybridized carbons (Fsp3) is 0.333. The Bertz CT molecular complexity index is 697. The van der Waals surface area contributed by atoms with Crippen molar-refractivity contribution in [1.82, 2.24) is 9.97 Å². The molecule has 20 heavy (non-hydrogen) atoms. The van der Waals surface area contributed by atoms with Gasteiger partial charge in [0.15, 0.2) is 0 Å². The Balaban J connectivity index is 2.26. The van der Waals surface area contributed by atoms with E-state index in [1.54, 1.807) is 13.8 Å². The quantitative estimate of drug-likeness (QED) is 0.758. The summed E-state index contributed by atoms with van der Waals surface area (Å²) in [6, 6.07) is 2.66. The second-order valence-electron chi connectivity index (χ2n) is 5.17. The third-order valence-electron chi connectivity index (χ3n) is 3.57. The number of rotatable bonds is 2. The van der Waals surface area contributed by atoms with Crippen LogP contribution in [0.15, 0.2) is 12.1 Å². The van der Waals surface area contributed by atoms with Gasteiger partial charge in [-0.2, -0.15) is 0 Å². The largest absolute Gasteiger partial charge is 0.232 e. The molecule has 104 valence electrons. The molecule has 0 bridgehead atoms. The van der Waals surface area contributed by atoms with Crippen LogP contribution in [0.3, 0.4) is 0 Å². The molecular weight excluding hydrogens is 282 g/mol. The van der Waals surface area contributed by atoms with Crippen molar-refractivity contribution < 1.29 is 8.78 Å². The van der Waals surface area contributed by atoms with Gasteiger partial charge < -0.3 is 0 Å². The normalized spacial score (nSPS) is 14.7. The van der Waals surface area contributed by atoms with Crippen LogP contribution >= 0.6 is 11.6 Å². The molecule has 1 aromatic heterocycles. The van der Waals surface area contributed by atoms with Gasteiger partial charge in [-0.05, 0) is 38.3 Å². The van der Waals surface area contributed by atoms with E-state index < -0.39 is 11.6 Å². The highest BCUT2D eigenvalue weighted by Crippen LogP contribution is 2.40. The molecule has 2 nitrogen and oxygen atoms in total. The number of aromatic nitrogens is 2. The maximum absolute atomic E-state index is 14.3. The summed E-state index contributed by atoms with van der Waals surface area (Å²) >= 11 is 6.09. The molecule has 1 aliphatic carbocycles. The van der Waals surface area contributed by atoms with Gasteiger partial charge in [-0.15, -0.1) is 0 Å². The summed E-state index contributed by atoms with van der Waals surface area (Å²) in [5.74, 6) is -0.379. The van der Waals surface area contributed by atoms with Crippen molar-refractivity contribution in [3.8, 4) is 11.3 Å². The van der Waals surface area contributed by atoms with E-state index in [2.05, 4.69) is 9.97 Å². The van der Waals surface area contributed by atoms with Gasteiger partial charge in [-0.3, -0.25) is 0 Å². The lowest BCUT2D eigenvalue weighted by Gasteiger charge is -2.12. The molecule has 0 N–H and O–H groups in total. The first-order valence-electron chi connectivity index (χ1n) is 6.48. The molecule has 1 saturated carbocycles. The highest BCUT2D eigenvalue weighted by molar-refractivity contribution is 6.30. The van der Waals surface area contributed by atoms with Crippen molar-refractivity contribution in [2.45, 2.75) is 32.6 Å². The van der Waals surface area contributed by atoms with Gasteiger partial charge >= 0.3 is 0 Å². The minimum Gasteiger partial charge on any atom is -0.232 e. The highest BCUT2D eigenvalue weighted by Gasteiger charge is 2.29. The van der Waals surface area contributed by atoms with E-state index in [1.165, 1.54) is 12.1 Å². The van der Waals surface area contributed by atoms with Crippen LogP contribution in [-0.4, -0.2) is 9.97 Å². The van der Waals surface area contributed by atoms with Crippen LogP contribution < -0.4 is 0 Å². The minimum atomic E-state index is -0.632. The van der Waals surface area contributed by atoms with E-state index in [0.29, 0.717) is 17.0 Å². The van der Waals surface area contributed by atoms with Gasteiger partial charge in [0.1, 0.15) is 22.6 Å². The standard InChI is InChI=1S/C15H13ClF2N2/c1-7-3-6-10(17)11(12(7)18)13-8(2)14(16)20-15(19-13)9-4-5-9/h3,6,9H,4-5H2,1-2H3. The van der Waals surface area contributed by atoms with Crippen molar-refractivity contribution >= 4 is 11.6 Å². The molecule has 0 radical (unpaired) electrons. The molecule has 1 aliphatic rings. The summed E-state index contributed by atoms with van der Waals surface area (Å²) in [4.78, 5) is 8.56. The number of nitrogens with zero attached hydrogens (tertiary/aromatic N) is 2. The number of aryl methyl sites for hydroxylation is 1. The van der Waals surface area contributed by atoms with E-state index >= 15 is 0 Å². The van der Waals surface area contributed by atoms with E-state index in [0.717, 1.165) is 12.8 Å². The predicted molar refractivity (Wildman–Crippen MR) is 73.8 cm³/mol. The van der Waals surface area contributed by atoms with Gasteiger partial charge in [0.05, 0.1) is 11.3 Å². The number of hydrogen-bond acceptors (Lipinski definition) is 2.